The number of hydrogen-bond acceptors (Lipinski definition) is 4. The Labute approximate surface area is 111 Å². The summed E-state index contributed by atoms with van der Waals surface area (Å²) in [7, 11) is 0. The number of carboxylic acid groups (broad SMARTS) is 1. The number of rotatable bonds is 7. The van der Waals surface area contributed by atoms with E-state index < -0.39 is 18.0 Å². The van der Waals surface area contributed by atoms with Crippen LogP contribution in [0.3, 0.4) is 0 Å². The molecule has 19 heavy (non-hydrogen) atoms. The van der Waals surface area contributed by atoms with Crippen molar-refractivity contribution in [2.24, 2.45) is 5.92 Å². The van der Waals surface area contributed by atoms with Crippen molar-refractivity contribution in [3.05, 3.63) is 12.4 Å². The highest BCUT2D eigenvalue weighted by Gasteiger charge is 2.24. The van der Waals surface area contributed by atoms with Gasteiger partial charge in [0.15, 0.2) is 0 Å². The molecular formula is C11H19N5O3. The minimum atomic E-state index is -1.03. The van der Waals surface area contributed by atoms with E-state index in [1.165, 1.54) is 0 Å². The maximum atomic E-state index is 11.6. The number of carbonyl (C=O) groups is 2. The molecule has 0 radical (unpaired) electrons. The van der Waals surface area contributed by atoms with E-state index in [1.54, 1.807) is 24.0 Å². The number of hydrogen-bond donors (Lipinski definition) is 3. The average Bonchev–Trinajstić information content (AvgIpc) is 2.87. The van der Waals surface area contributed by atoms with Crippen molar-refractivity contribution in [1.29, 1.82) is 0 Å². The third-order valence-corrected chi connectivity index (χ3v) is 2.86. The summed E-state index contributed by atoms with van der Waals surface area (Å²) in [5.41, 5.74) is 0. The van der Waals surface area contributed by atoms with E-state index in [1.807, 2.05) is 6.92 Å². The lowest BCUT2D eigenvalue weighted by Gasteiger charge is -2.20. The second-order valence-electron chi connectivity index (χ2n) is 4.27. The summed E-state index contributed by atoms with van der Waals surface area (Å²) in [4.78, 5) is 22.6. The largest absolute Gasteiger partial charge is 0.480 e. The number of aromatic nitrogens is 3. The van der Waals surface area contributed by atoms with Crippen LogP contribution in [0.2, 0.25) is 0 Å². The van der Waals surface area contributed by atoms with Gasteiger partial charge in [-0.15, -0.1) is 5.10 Å². The van der Waals surface area contributed by atoms with Gasteiger partial charge in [0, 0.05) is 12.7 Å². The molecule has 1 aromatic heterocycles. The van der Waals surface area contributed by atoms with Gasteiger partial charge in [0.1, 0.15) is 6.04 Å². The molecule has 2 atom stereocenters. The topological polar surface area (TPSA) is 109 Å². The molecule has 0 aliphatic heterocycles. The molecule has 8 nitrogen and oxygen atoms in total. The molecule has 3 N–H and O–H groups in total. The molecule has 0 fully saturated rings. The minimum Gasteiger partial charge on any atom is -0.480 e. The lowest BCUT2D eigenvalue weighted by molar-refractivity contribution is -0.140. The molecule has 0 bridgehead atoms. The van der Waals surface area contributed by atoms with Crippen LogP contribution in [0.25, 0.3) is 0 Å². The van der Waals surface area contributed by atoms with Gasteiger partial charge < -0.3 is 15.7 Å². The van der Waals surface area contributed by atoms with Crippen LogP contribution < -0.4 is 10.6 Å². The van der Waals surface area contributed by atoms with Gasteiger partial charge in [-0.25, -0.2) is 9.59 Å². The van der Waals surface area contributed by atoms with Crippen molar-refractivity contribution in [2.75, 3.05) is 6.54 Å². The maximum absolute atomic E-state index is 11.6. The fraction of sp³-hybridized carbons (Fsp3) is 0.636. The Kier molecular flexibility index (Phi) is 5.77. The van der Waals surface area contributed by atoms with Crippen molar-refractivity contribution < 1.29 is 14.7 Å². The van der Waals surface area contributed by atoms with Crippen molar-refractivity contribution in [1.82, 2.24) is 25.6 Å². The van der Waals surface area contributed by atoms with E-state index >= 15 is 0 Å². The van der Waals surface area contributed by atoms with Crippen LogP contribution in [0.15, 0.2) is 12.4 Å². The van der Waals surface area contributed by atoms with Crippen molar-refractivity contribution in [3.63, 3.8) is 0 Å². The first-order valence-corrected chi connectivity index (χ1v) is 6.15. The number of nitrogens with zero attached hydrogens (tertiary/aromatic N) is 3. The summed E-state index contributed by atoms with van der Waals surface area (Å²) in [6.45, 7) is 4.50. The number of nitrogens with one attached hydrogen (secondary N) is 2. The summed E-state index contributed by atoms with van der Waals surface area (Å²) < 4.78 is 1.57. The monoisotopic (exact) mass is 269 g/mol. The lowest BCUT2D eigenvalue weighted by Crippen LogP contribution is -2.49. The number of amides is 2. The Morgan fingerprint density at radius 3 is 2.74 bits per heavy atom. The van der Waals surface area contributed by atoms with Crippen LogP contribution in [0, 0.1) is 5.92 Å². The van der Waals surface area contributed by atoms with Crippen LogP contribution in [0.1, 0.15) is 20.3 Å². The maximum Gasteiger partial charge on any atom is 0.326 e. The van der Waals surface area contributed by atoms with E-state index in [2.05, 4.69) is 20.9 Å². The fourth-order valence-electron chi connectivity index (χ4n) is 1.51. The van der Waals surface area contributed by atoms with Gasteiger partial charge in [0.2, 0.25) is 0 Å². The van der Waals surface area contributed by atoms with Gasteiger partial charge in [0.05, 0.1) is 12.7 Å². The molecule has 2 amide bonds. The van der Waals surface area contributed by atoms with Gasteiger partial charge in [0.25, 0.3) is 0 Å². The van der Waals surface area contributed by atoms with Crippen molar-refractivity contribution >= 4 is 12.0 Å². The predicted molar refractivity (Wildman–Crippen MR) is 67.4 cm³/mol. The Morgan fingerprint density at radius 1 is 1.47 bits per heavy atom. The van der Waals surface area contributed by atoms with Gasteiger partial charge in [-0.3, -0.25) is 4.68 Å². The van der Waals surface area contributed by atoms with Crippen molar-refractivity contribution in [3.8, 4) is 0 Å². The number of urea groups is 1. The lowest BCUT2D eigenvalue weighted by atomic mass is 9.99. The van der Waals surface area contributed by atoms with Gasteiger partial charge in [-0.2, -0.15) is 0 Å². The molecule has 0 spiro atoms. The second kappa shape index (κ2) is 7.34. The SMILES string of the molecule is CC[C@H](C)[C@H](NC(=O)NCCn1ccnn1)C(=O)O. The first-order chi connectivity index (χ1) is 9.04. The zero-order chi connectivity index (χ0) is 14.3. The number of aliphatic carboxylic acids is 1. The summed E-state index contributed by atoms with van der Waals surface area (Å²) >= 11 is 0. The Balaban J connectivity index is 2.34. The van der Waals surface area contributed by atoms with E-state index in [9.17, 15) is 9.59 Å². The van der Waals surface area contributed by atoms with Gasteiger partial charge in [-0.1, -0.05) is 25.5 Å². The molecule has 8 heteroatoms. The molecule has 1 rings (SSSR count). The van der Waals surface area contributed by atoms with E-state index in [0.717, 1.165) is 0 Å². The van der Waals surface area contributed by atoms with Crippen LogP contribution >= 0.6 is 0 Å². The third-order valence-electron chi connectivity index (χ3n) is 2.86. The molecule has 106 valence electrons. The van der Waals surface area contributed by atoms with E-state index in [0.29, 0.717) is 19.5 Å². The summed E-state index contributed by atoms with van der Waals surface area (Å²) in [6, 6.07) is -1.37. The standard InChI is InChI=1S/C11H19N5O3/c1-3-8(2)9(10(17)18)14-11(19)12-4-6-16-7-5-13-15-16/h5,7-9H,3-4,6H2,1-2H3,(H,17,18)(H2,12,14,19)/t8-,9-/m0/s1. The molecule has 1 aromatic rings. The molecule has 0 saturated carbocycles. The first-order valence-electron chi connectivity index (χ1n) is 6.15. The first kappa shape index (κ1) is 14.9. The molecule has 0 aromatic carbocycles. The summed E-state index contributed by atoms with van der Waals surface area (Å²) in [5.74, 6) is -1.15. The normalized spacial score (nSPS) is 13.6. The van der Waals surface area contributed by atoms with Crippen LogP contribution in [0.5, 0.6) is 0 Å². The molecule has 0 saturated heterocycles. The average molecular weight is 269 g/mol. The van der Waals surface area contributed by atoms with Gasteiger partial charge in [-0.05, 0) is 5.92 Å². The highest BCUT2D eigenvalue weighted by molar-refractivity contribution is 5.82. The minimum absolute atomic E-state index is 0.126. The zero-order valence-corrected chi connectivity index (χ0v) is 11.0. The van der Waals surface area contributed by atoms with Gasteiger partial charge >= 0.3 is 12.0 Å². The van der Waals surface area contributed by atoms with Crippen LogP contribution in [-0.4, -0.2) is 44.7 Å². The quantitative estimate of drug-likeness (QED) is 0.649. The van der Waals surface area contributed by atoms with E-state index in [4.69, 9.17) is 5.11 Å². The number of carboxylic acids is 1. The highest BCUT2D eigenvalue weighted by atomic mass is 16.4. The second-order valence-corrected chi connectivity index (χ2v) is 4.27. The van der Waals surface area contributed by atoms with Crippen LogP contribution in [-0.2, 0) is 11.3 Å². The summed E-state index contributed by atoms with van der Waals surface area (Å²) in [5, 5.41) is 21.4. The van der Waals surface area contributed by atoms with Crippen molar-refractivity contribution in [2.45, 2.75) is 32.9 Å². The van der Waals surface area contributed by atoms with Crippen LogP contribution in [0.4, 0.5) is 4.79 Å². The Hall–Kier alpha value is -2.12. The predicted octanol–water partition coefficient (Wildman–Crippen LogP) is 0.0766. The third kappa shape index (κ3) is 4.94. The van der Waals surface area contributed by atoms with E-state index in [-0.39, 0.29) is 5.92 Å². The molecule has 0 unspecified atom stereocenters. The molecule has 0 aliphatic carbocycles. The molecule has 0 aliphatic rings. The zero-order valence-electron chi connectivity index (χ0n) is 11.0. The smallest absolute Gasteiger partial charge is 0.326 e. The summed E-state index contributed by atoms with van der Waals surface area (Å²) in [6.07, 6.45) is 3.90. The highest BCUT2D eigenvalue weighted by Crippen LogP contribution is 2.07. The Bertz CT molecular complexity index is 406. The fourth-order valence-corrected chi connectivity index (χ4v) is 1.51. The molecule has 1 heterocycles. The number of carbonyl (C=O) groups excluding carboxylic acids is 1. The molecular weight excluding hydrogens is 250 g/mol. The Morgan fingerprint density at radius 2 is 2.21 bits per heavy atom.